The van der Waals surface area contributed by atoms with Gasteiger partial charge in [0, 0.05) is 38.2 Å². The summed E-state index contributed by atoms with van der Waals surface area (Å²) in [5.74, 6) is 1.01. The normalized spacial score (nSPS) is 13.9. The minimum Gasteiger partial charge on any atom is -0.508 e. The second-order valence-corrected chi connectivity index (χ2v) is 7.80. The summed E-state index contributed by atoms with van der Waals surface area (Å²) in [6.45, 7) is 6.78. The number of nitrogens with zero attached hydrogens (tertiary/aromatic N) is 2. The lowest BCUT2D eigenvalue weighted by Crippen LogP contribution is -2.50. The van der Waals surface area contributed by atoms with Gasteiger partial charge in [0.15, 0.2) is 0 Å². The van der Waals surface area contributed by atoms with Gasteiger partial charge in [-0.05, 0) is 62.1 Å². The third-order valence-electron chi connectivity index (χ3n) is 5.40. The second kappa shape index (κ2) is 10.1. The second-order valence-electron chi connectivity index (χ2n) is 7.80. The number of phenols is 1. The van der Waals surface area contributed by atoms with E-state index in [4.69, 9.17) is 4.74 Å². The molecule has 2 aromatic carbocycles. The molecule has 0 atom stereocenters. The average Bonchev–Trinajstić information content (AvgIpc) is 2.75. The number of carbonyl (C=O) groups excluding carboxylic acids is 2. The van der Waals surface area contributed by atoms with E-state index in [1.807, 2.05) is 24.8 Å². The molecule has 0 bridgehead atoms. The Labute approximate surface area is 178 Å². The van der Waals surface area contributed by atoms with Gasteiger partial charge in [0.2, 0.25) is 5.91 Å². The van der Waals surface area contributed by atoms with Crippen molar-refractivity contribution in [2.75, 3.05) is 32.8 Å². The van der Waals surface area contributed by atoms with E-state index >= 15 is 0 Å². The highest BCUT2D eigenvalue weighted by molar-refractivity contribution is 5.94. The molecule has 1 fully saturated rings. The highest BCUT2D eigenvalue weighted by atomic mass is 16.5. The first kappa shape index (κ1) is 21.7. The molecule has 30 heavy (non-hydrogen) atoms. The first-order chi connectivity index (χ1) is 14.4. The molecule has 1 aliphatic heterocycles. The lowest BCUT2D eigenvalue weighted by molar-refractivity contribution is -0.132. The summed E-state index contributed by atoms with van der Waals surface area (Å²) in [4.78, 5) is 28.6. The number of aryl methyl sites for hydroxylation is 2. The first-order valence-corrected chi connectivity index (χ1v) is 10.5. The van der Waals surface area contributed by atoms with Gasteiger partial charge in [-0.25, -0.2) is 0 Å². The number of piperazine rings is 1. The molecule has 2 aromatic rings. The molecule has 1 aliphatic rings. The van der Waals surface area contributed by atoms with Crippen LogP contribution in [0.25, 0.3) is 0 Å². The topological polar surface area (TPSA) is 70.1 Å². The van der Waals surface area contributed by atoms with Crippen LogP contribution in [-0.2, 0) is 4.79 Å². The van der Waals surface area contributed by atoms with Gasteiger partial charge < -0.3 is 19.6 Å². The van der Waals surface area contributed by atoms with Crippen molar-refractivity contribution >= 4 is 11.8 Å². The van der Waals surface area contributed by atoms with Crippen molar-refractivity contribution in [3.05, 3.63) is 59.2 Å². The van der Waals surface area contributed by atoms with Crippen LogP contribution in [0.2, 0.25) is 0 Å². The number of hydrogen-bond donors (Lipinski definition) is 1. The number of benzene rings is 2. The summed E-state index contributed by atoms with van der Waals surface area (Å²) in [7, 11) is 0. The Morgan fingerprint density at radius 3 is 2.43 bits per heavy atom. The molecule has 1 N–H and O–H groups in total. The highest BCUT2D eigenvalue weighted by Crippen LogP contribution is 2.19. The SMILES string of the molecule is Cc1ccc(C)c(OCCCCC(=O)N2CCN(C(=O)c3cccc(O)c3)CC2)c1. The summed E-state index contributed by atoms with van der Waals surface area (Å²) in [6.07, 6.45) is 2.11. The molecule has 1 heterocycles. The van der Waals surface area contributed by atoms with E-state index in [0.717, 1.165) is 24.2 Å². The Hall–Kier alpha value is -3.02. The van der Waals surface area contributed by atoms with Gasteiger partial charge >= 0.3 is 0 Å². The van der Waals surface area contributed by atoms with Gasteiger partial charge in [-0.2, -0.15) is 0 Å². The zero-order chi connectivity index (χ0) is 21.5. The minimum absolute atomic E-state index is 0.0798. The smallest absolute Gasteiger partial charge is 0.254 e. The van der Waals surface area contributed by atoms with Crippen molar-refractivity contribution in [3.63, 3.8) is 0 Å². The number of hydrogen-bond acceptors (Lipinski definition) is 4. The number of ether oxygens (including phenoxy) is 1. The fraction of sp³-hybridized carbons (Fsp3) is 0.417. The molecule has 1 saturated heterocycles. The van der Waals surface area contributed by atoms with Crippen LogP contribution in [0.3, 0.4) is 0 Å². The van der Waals surface area contributed by atoms with E-state index in [1.54, 1.807) is 23.1 Å². The standard InChI is InChI=1S/C24H30N2O4/c1-18-9-10-19(2)22(16-18)30-15-4-3-8-23(28)25-11-13-26(14-12-25)24(29)20-6-5-7-21(27)17-20/h5-7,9-10,16-17,27H,3-4,8,11-15H2,1-2H3. The number of phenolic OH excluding ortho intramolecular Hbond substituents is 1. The minimum atomic E-state index is -0.110. The van der Waals surface area contributed by atoms with Crippen molar-refractivity contribution in [3.8, 4) is 11.5 Å². The van der Waals surface area contributed by atoms with Crippen molar-refractivity contribution < 1.29 is 19.4 Å². The van der Waals surface area contributed by atoms with Crippen LogP contribution in [0.15, 0.2) is 42.5 Å². The Morgan fingerprint density at radius 2 is 1.70 bits per heavy atom. The van der Waals surface area contributed by atoms with Crippen LogP contribution in [0.5, 0.6) is 11.5 Å². The third kappa shape index (κ3) is 5.75. The Kier molecular flexibility index (Phi) is 7.33. The van der Waals surface area contributed by atoms with Crippen molar-refractivity contribution in [2.45, 2.75) is 33.1 Å². The molecule has 0 spiro atoms. The quantitative estimate of drug-likeness (QED) is 0.709. The van der Waals surface area contributed by atoms with Gasteiger partial charge in [-0.15, -0.1) is 0 Å². The zero-order valence-electron chi connectivity index (χ0n) is 17.8. The lowest BCUT2D eigenvalue weighted by atomic mass is 10.1. The molecular formula is C24H30N2O4. The summed E-state index contributed by atoms with van der Waals surface area (Å²) in [6, 6.07) is 12.5. The first-order valence-electron chi connectivity index (χ1n) is 10.5. The Morgan fingerprint density at radius 1 is 0.967 bits per heavy atom. The lowest BCUT2D eigenvalue weighted by Gasteiger charge is -2.35. The fourth-order valence-electron chi connectivity index (χ4n) is 3.56. The van der Waals surface area contributed by atoms with E-state index < -0.39 is 0 Å². The number of amides is 2. The number of aromatic hydroxyl groups is 1. The van der Waals surface area contributed by atoms with Gasteiger partial charge in [0.05, 0.1) is 6.61 Å². The number of rotatable bonds is 7. The third-order valence-corrected chi connectivity index (χ3v) is 5.40. The van der Waals surface area contributed by atoms with Crippen LogP contribution in [0.1, 0.15) is 40.7 Å². The molecule has 160 valence electrons. The van der Waals surface area contributed by atoms with E-state index in [2.05, 4.69) is 12.1 Å². The van der Waals surface area contributed by atoms with E-state index in [0.29, 0.717) is 44.8 Å². The van der Waals surface area contributed by atoms with Gasteiger partial charge in [0.25, 0.3) is 5.91 Å². The summed E-state index contributed by atoms with van der Waals surface area (Å²) >= 11 is 0. The average molecular weight is 411 g/mol. The van der Waals surface area contributed by atoms with Crippen molar-refractivity contribution in [2.24, 2.45) is 0 Å². The van der Waals surface area contributed by atoms with Crippen LogP contribution in [-0.4, -0.2) is 59.5 Å². The fourth-order valence-corrected chi connectivity index (χ4v) is 3.56. The molecule has 0 aliphatic carbocycles. The van der Waals surface area contributed by atoms with E-state index in [-0.39, 0.29) is 17.6 Å². The molecule has 0 unspecified atom stereocenters. The monoisotopic (exact) mass is 410 g/mol. The van der Waals surface area contributed by atoms with E-state index in [9.17, 15) is 14.7 Å². The zero-order valence-corrected chi connectivity index (χ0v) is 17.8. The summed E-state index contributed by atoms with van der Waals surface area (Å²) in [5, 5.41) is 9.55. The summed E-state index contributed by atoms with van der Waals surface area (Å²) in [5.41, 5.74) is 2.76. The van der Waals surface area contributed by atoms with E-state index in [1.165, 1.54) is 11.6 Å². The molecule has 2 amide bonds. The largest absolute Gasteiger partial charge is 0.508 e. The maximum atomic E-state index is 12.5. The number of unbranched alkanes of at least 4 members (excludes halogenated alkanes) is 1. The van der Waals surface area contributed by atoms with Crippen molar-refractivity contribution in [1.82, 2.24) is 9.80 Å². The molecular weight excluding hydrogens is 380 g/mol. The predicted octanol–water partition coefficient (Wildman–Crippen LogP) is 3.54. The maximum Gasteiger partial charge on any atom is 0.254 e. The van der Waals surface area contributed by atoms with Crippen LogP contribution < -0.4 is 4.74 Å². The molecule has 6 nitrogen and oxygen atoms in total. The van der Waals surface area contributed by atoms with Crippen LogP contribution >= 0.6 is 0 Å². The highest BCUT2D eigenvalue weighted by Gasteiger charge is 2.24. The van der Waals surface area contributed by atoms with Crippen LogP contribution in [0.4, 0.5) is 0 Å². The molecule has 0 radical (unpaired) electrons. The Bertz CT molecular complexity index is 889. The molecule has 6 heteroatoms. The van der Waals surface area contributed by atoms with Gasteiger partial charge in [-0.3, -0.25) is 9.59 Å². The molecule has 0 aromatic heterocycles. The van der Waals surface area contributed by atoms with Crippen LogP contribution in [0, 0.1) is 13.8 Å². The maximum absolute atomic E-state index is 12.5. The van der Waals surface area contributed by atoms with Gasteiger partial charge in [0.1, 0.15) is 11.5 Å². The predicted molar refractivity (Wildman–Crippen MR) is 116 cm³/mol. The number of carbonyl (C=O) groups is 2. The van der Waals surface area contributed by atoms with Crippen molar-refractivity contribution in [1.29, 1.82) is 0 Å². The molecule has 0 saturated carbocycles. The molecule has 3 rings (SSSR count). The Balaban J connectivity index is 1.36. The summed E-state index contributed by atoms with van der Waals surface area (Å²) < 4.78 is 5.85. The van der Waals surface area contributed by atoms with Gasteiger partial charge in [-0.1, -0.05) is 18.2 Å².